The highest BCUT2D eigenvalue weighted by atomic mass is 16.4. The number of aromatic nitrogens is 2. The van der Waals surface area contributed by atoms with E-state index in [0.29, 0.717) is 11.3 Å². The molecular formula is C12H10N3O2. The van der Waals surface area contributed by atoms with Crippen molar-refractivity contribution in [2.45, 2.75) is 6.42 Å². The predicted octanol–water partition coefficient (Wildman–Crippen LogP) is 1.15. The van der Waals surface area contributed by atoms with Crippen LogP contribution >= 0.6 is 0 Å². The molecule has 0 bridgehead atoms. The minimum Gasteiger partial charge on any atom is -0.481 e. The van der Waals surface area contributed by atoms with Crippen molar-refractivity contribution in [1.29, 1.82) is 0 Å². The van der Waals surface area contributed by atoms with E-state index in [1.807, 2.05) is 30.3 Å². The molecule has 3 N–H and O–H groups in total. The van der Waals surface area contributed by atoms with E-state index in [2.05, 4.69) is 16.2 Å². The molecule has 2 aromatic rings. The summed E-state index contributed by atoms with van der Waals surface area (Å²) in [6.07, 6.45) is 2.44. The number of rotatable bonds is 3. The lowest BCUT2D eigenvalue weighted by atomic mass is 10.1. The average molecular weight is 228 g/mol. The number of benzene rings is 1. The predicted molar refractivity (Wildman–Crippen MR) is 62.1 cm³/mol. The minimum absolute atomic E-state index is 0.0815. The molecule has 0 aliphatic heterocycles. The van der Waals surface area contributed by atoms with Crippen LogP contribution in [0.5, 0.6) is 0 Å². The van der Waals surface area contributed by atoms with E-state index in [1.54, 1.807) is 0 Å². The number of nitrogens with two attached hydrogens (primary N) is 1. The first-order chi connectivity index (χ1) is 8.16. The van der Waals surface area contributed by atoms with Crippen LogP contribution in [0.2, 0.25) is 0 Å². The summed E-state index contributed by atoms with van der Waals surface area (Å²) in [5, 5.41) is 8.80. The fraction of sp³-hybridized carbons (Fsp3) is 0.0833. The number of carbonyl (C=O) groups is 1. The largest absolute Gasteiger partial charge is 0.481 e. The number of aliphatic carboxylic acids is 1. The Morgan fingerprint density at radius 3 is 2.71 bits per heavy atom. The second-order valence-corrected chi connectivity index (χ2v) is 3.46. The molecule has 0 unspecified atom stereocenters. The first kappa shape index (κ1) is 11.1. The highest BCUT2D eigenvalue weighted by Crippen LogP contribution is 2.21. The third kappa shape index (κ3) is 2.57. The van der Waals surface area contributed by atoms with E-state index in [9.17, 15) is 4.79 Å². The van der Waals surface area contributed by atoms with Crippen molar-refractivity contribution in [3.63, 3.8) is 0 Å². The first-order valence-corrected chi connectivity index (χ1v) is 4.98. The van der Waals surface area contributed by atoms with Crippen molar-refractivity contribution in [1.82, 2.24) is 9.97 Å². The van der Waals surface area contributed by atoms with Crippen molar-refractivity contribution in [2.24, 2.45) is 0 Å². The summed E-state index contributed by atoms with van der Waals surface area (Å²) in [6.45, 7) is 0. The topological polar surface area (TPSA) is 89.1 Å². The summed E-state index contributed by atoms with van der Waals surface area (Å²) >= 11 is 0. The molecule has 0 saturated carbocycles. The van der Waals surface area contributed by atoms with Crippen LogP contribution in [-0.4, -0.2) is 21.0 Å². The fourth-order valence-electron chi connectivity index (χ4n) is 1.49. The first-order valence-electron chi connectivity index (χ1n) is 4.98. The monoisotopic (exact) mass is 228 g/mol. The third-order valence-electron chi connectivity index (χ3n) is 2.19. The molecule has 85 valence electrons. The standard InChI is InChI=1S/C12H10N3O2/c13-12-14-7-9(6-10(16)17)11(15-12)8-4-2-1-3-5-8/h1-5H,6H2,(H,16,17)(H2,13,14,15). The molecule has 0 fully saturated rings. The summed E-state index contributed by atoms with van der Waals surface area (Å²) in [5.41, 5.74) is 7.24. The Morgan fingerprint density at radius 1 is 1.35 bits per heavy atom. The number of nitrogen functional groups attached to an aromatic ring is 1. The van der Waals surface area contributed by atoms with Gasteiger partial charge in [-0.3, -0.25) is 4.79 Å². The Bertz CT molecular complexity index is 541. The van der Waals surface area contributed by atoms with E-state index >= 15 is 0 Å². The Morgan fingerprint density at radius 2 is 2.06 bits per heavy atom. The average Bonchev–Trinajstić information content (AvgIpc) is 2.32. The number of hydrogen-bond acceptors (Lipinski definition) is 4. The van der Waals surface area contributed by atoms with E-state index < -0.39 is 5.97 Å². The van der Waals surface area contributed by atoms with Gasteiger partial charge in [-0.15, -0.1) is 0 Å². The van der Waals surface area contributed by atoms with Gasteiger partial charge in [0.25, 0.3) is 0 Å². The molecule has 2 rings (SSSR count). The van der Waals surface area contributed by atoms with E-state index in [4.69, 9.17) is 10.8 Å². The van der Waals surface area contributed by atoms with E-state index in [-0.39, 0.29) is 12.4 Å². The lowest BCUT2D eigenvalue weighted by Gasteiger charge is -2.06. The molecular weight excluding hydrogens is 218 g/mol. The molecule has 5 heteroatoms. The molecule has 0 atom stereocenters. The van der Waals surface area contributed by atoms with Gasteiger partial charge >= 0.3 is 5.97 Å². The molecule has 0 aliphatic carbocycles. The van der Waals surface area contributed by atoms with Gasteiger partial charge in [-0.2, -0.15) is 0 Å². The fourth-order valence-corrected chi connectivity index (χ4v) is 1.49. The van der Waals surface area contributed by atoms with Crippen LogP contribution in [0.4, 0.5) is 5.95 Å². The molecule has 0 amide bonds. The van der Waals surface area contributed by atoms with Crippen LogP contribution in [0, 0.1) is 6.20 Å². The molecule has 1 aromatic carbocycles. The molecule has 1 aromatic heterocycles. The summed E-state index contributed by atoms with van der Waals surface area (Å²) < 4.78 is 0. The number of carboxylic acids is 1. The number of nitrogens with zero attached hydrogens (tertiary/aromatic N) is 2. The van der Waals surface area contributed by atoms with Gasteiger partial charge in [-0.05, 0) is 0 Å². The van der Waals surface area contributed by atoms with Crippen molar-refractivity contribution >= 4 is 11.9 Å². The normalized spacial score (nSPS) is 10.1. The SMILES string of the molecule is Nc1n[c]c(CC(=O)O)c(-c2ccccc2)n1. The smallest absolute Gasteiger partial charge is 0.307 e. The van der Waals surface area contributed by atoms with E-state index in [0.717, 1.165) is 5.56 Å². The molecule has 17 heavy (non-hydrogen) atoms. The summed E-state index contributed by atoms with van der Waals surface area (Å²) in [6, 6.07) is 9.23. The zero-order valence-electron chi connectivity index (χ0n) is 8.92. The van der Waals surface area contributed by atoms with Gasteiger partial charge < -0.3 is 10.8 Å². The second-order valence-electron chi connectivity index (χ2n) is 3.46. The van der Waals surface area contributed by atoms with Crippen LogP contribution in [0.25, 0.3) is 11.3 Å². The van der Waals surface area contributed by atoms with E-state index in [1.165, 1.54) is 0 Å². The maximum Gasteiger partial charge on any atom is 0.307 e. The Kier molecular flexibility index (Phi) is 3.00. The van der Waals surface area contributed by atoms with Crippen molar-refractivity contribution in [3.8, 4) is 11.3 Å². The summed E-state index contributed by atoms with van der Waals surface area (Å²) in [7, 11) is 0. The van der Waals surface area contributed by atoms with Crippen molar-refractivity contribution in [2.75, 3.05) is 5.73 Å². The van der Waals surface area contributed by atoms with Gasteiger partial charge in [0, 0.05) is 11.1 Å². The third-order valence-corrected chi connectivity index (χ3v) is 2.19. The maximum atomic E-state index is 10.7. The molecule has 0 aliphatic rings. The van der Waals surface area contributed by atoms with Gasteiger partial charge in [-0.25, -0.2) is 9.97 Å². The molecule has 1 heterocycles. The summed E-state index contributed by atoms with van der Waals surface area (Å²) in [5.74, 6) is -0.871. The van der Waals surface area contributed by atoms with Crippen LogP contribution in [0.15, 0.2) is 30.3 Å². The van der Waals surface area contributed by atoms with Crippen molar-refractivity contribution < 1.29 is 9.90 Å². The lowest BCUT2D eigenvalue weighted by molar-refractivity contribution is -0.136. The maximum absolute atomic E-state index is 10.7. The van der Waals surface area contributed by atoms with Crippen LogP contribution < -0.4 is 5.73 Å². The number of carboxylic acid groups (broad SMARTS) is 1. The number of anilines is 1. The quantitative estimate of drug-likeness (QED) is 0.822. The Labute approximate surface area is 98.0 Å². The van der Waals surface area contributed by atoms with Gasteiger partial charge in [0.15, 0.2) is 0 Å². The second kappa shape index (κ2) is 4.61. The van der Waals surface area contributed by atoms with Gasteiger partial charge in [0.2, 0.25) is 5.95 Å². The molecule has 0 spiro atoms. The molecule has 5 nitrogen and oxygen atoms in total. The van der Waals surface area contributed by atoms with Gasteiger partial charge in [-0.1, -0.05) is 30.3 Å². The number of hydrogen-bond donors (Lipinski definition) is 2. The van der Waals surface area contributed by atoms with Gasteiger partial charge in [0.1, 0.15) is 0 Å². The summed E-state index contributed by atoms with van der Waals surface area (Å²) in [4.78, 5) is 18.5. The van der Waals surface area contributed by atoms with Crippen LogP contribution in [0.3, 0.4) is 0 Å². The zero-order valence-corrected chi connectivity index (χ0v) is 8.92. The highest BCUT2D eigenvalue weighted by Gasteiger charge is 2.11. The molecule has 1 radical (unpaired) electrons. The highest BCUT2D eigenvalue weighted by molar-refractivity contribution is 5.74. The molecule has 0 saturated heterocycles. The van der Waals surface area contributed by atoms with Crippen molar-refractivity contribution in [3.05, 3.63) is 42.1 Å². The van der Waals surface area contributed by atoms with Crippen LogP contribution in [0.1, 0.15) is 5.56 Å². The Hall–Kier alpha value is -2.43. The minimum atomic E-state index is -0.952. The zero-order chi connectivity index (χ0) is 12.3. The van der Waals surface area contributed by atoms with Crippen LogP contribution in [-0.2, 0) is 11.2 Å². The Balaban J connectivity index is 2.51. The van der Waals surface area contributed by atoms with Gasteiger partial charge in [0.05, 0.1) is 18.3 Å². The lowest BCUT2D eigenvalue weighted by Crippen LogP contribution is -2.06.